The summed E-state index contributed by atoms with van der Waals surface area (Å²) in [7, 11) is 1.60. The molecule has 0 saturated carbocycles. The molecule has 1 aromatic carbocycles. The highest BCUT2D eigenvalue weighted by Crippen LogP contribution is 2.68. The second kappa shape index (κ2) is 9.19. The van der Waals surface area contributed by atoms with Crippen LogP contribution in [0.4, 0.5) is 5.69 Å². The molecule has 4 rings (SSSR count). The number of rotatable bonds is 7. The Morgan fingerprint density at radius 3 is 2.59 bits per heavy atom. The van der Waals surface area contributed by atoms with Crippen LogP contribution in [0, 0.1) is 37.5 Å². The minimum absolute atomic E-state index is 0.0136. The molecule has 3 N–H and O–H groups in total. The number of thioether (sulfide) groups is 1. The van der Waals surface area contributed by atoms with E-state index in [4.69, 9.17) is 0 Å². The standard InChI is InChI=1S/C26H37N3O4S/c1-13(2)9-17(12-30)29-22(24(32)28-18-10-14(3)7-8-15(18)4)26-16(5)11-19(34-26)20(23(31)27-6)21(26)25(29)33/h7-8,10,13,16-17,19-22,30H,9,11-12H2,1-6H3,(H,27,31)(H,28,32)/t16?,17-,19+,20-,21+,22?,26?/m1/s1. The molecule has 3 aliphatic rings. The minimum atomic E-state index is -0.750. The lowest BCUT2D eigenvalue weighted by Crippen LogP contribution is -2.57. The van der Waals surface area contributed by atoms with Crippen LogP contribution in [-0.4, -0.2) is 63.5 Å². The molecule has 8 heteroatoms. The molecule has 7 atom stereocenters. The average molecular weight is 488 g/mol. The third-order valence-corrected chi connectivity index (χ3v) is 10.1. The Labute approximate surface area is 206 Å². The van der Waals surface area contributed by atoms with E-state index in [1.165, 1.54) is 0 Å². The molecule has 7 nitrogen and oxygen atoms in total. The predicted molar refractivity (Wildman–Crippen MR) is 134 cm³/mol. The maximum absolute atomic E-state index is 14.1. The van der Waals surface area contributed by atoms with E-state index in [-0.39, 0.29) is 41.4 Å². The van der Waals surface area contributed by atoms with Crippen LogP contribution in [0.5, 0.6) is 0 Å². The van der Waals surface area contributed by atoms with E-state index in [1.54, 1.807) is 23.7 Å². The number of nitrogens with one attached hydrogen (secondary N) is 2. The van der Waals surface area contributed by atoms with Crippen molar-refractivity contribution in [2.24, 2.45) is 23.7 Å². The number of hydrogen-bond acceptors (Lipinski definition) is 5. The van der Waals surface area contributed by atoms with E-state index in [1.807, 2.05) is 45.9 Å². The lowest BCUT2D eigenvalue weighted by molar-refractivity contribution is -0.142. The number of hydrogen-bond donors (Lipinski definition) is 3. The van der Waals surface area contributed by atoms with Gasteiger partial charge < -0.3 is 20.6 Å². The third kappa shape index (κ3) is 3.73. The van der Waals surface area contributed by atoms with E-state index in [0.717, 1.165) is 23.2 Å². The number of carbonyl (C=O) groups is 3. The smallest absolute Gasteiger partial charge is 0.248 e. The van der Waals surface area contributed by atoms with Crippen molar-refractivity contribution in [2.45, 2.75) is 69.5 Å². The molecule has 3 fully saturated rings. The number of fused-ring (bicyclic) bond motifs is 1. The van der Waals surface area contributed by atoms with Gasteiger partial charge in [-0.1, -0.05) is 32.9 Å². The number of aryl methyl sites for hydroxylation is 2. The van der Waals surface area contributed by atoms with Crippen LogP contribution in [0.15, 0.2) is 18.2 Å². The molecular formula is C26H37N3O4S. The molecular weight excluding hydrogens is 450 g/mol. The van der Waals surface area contributed by atoms with Gasteiger partial charge in [0.25, 0.3) is 0 Å². The molecule has 186 valence electrons. The normalized spacial score (nSPS) is 32.8. The first-order valence-electron chi connectivity index (χ1n) is 12.3. The average Bonchev–Trinajstić information content (AvgIpc) is 3.37. The van der Waals surface area contributed by atoms with Gasteiger partial charge >= 0.3 is 0 Å². The van der Waals surface area contributed by atoms with Crippen molar-refractivity contribution in [1.29, 1.82) is 0 Å². The van der Waals surface area contributed by atoms with Crippen LogP contribution in [0.25, 0.3) is 0 Å². The first-order chi connectivity index (χ1) is 16.1. The van der Waals surface area contributed by atoms with Crippen molar-refractivity contribution in [2.75, 3.05) is 19.0 Å². The van der Waals surface area contributed by atoms with E-state index in [2.05, 4.69) is 17.6 Å². The second-order valence-electron chi connectivity index (χ2n) is 10.7. The van der Waals surface area contributed by atoms with Gasteiger partial charge in [0.15, 0.2) is 0 Å². The number of likely N-dealkylation sites (tertiary alicyclic amines) is 1. The molecule has 0 aromatic heterocycles. The predicted octanol–water partition coefficient (Wildman–Crippen LogP) is 2.73. The Morgan fingerprint density at radius 2 is 1.97 bits per heavy atom. The molecule has 3 saturated heterocycles. The molecule has 2 bridgehead atoms. The Hall–Kier alpha value is -2.06. The fraction of sp³-hybridized carbons (Fsp3) is 0.654. The molecule has 1 aromatic rings. The molecule has 0 radical (unpaired) electrons. The summed E-state index contributed by atoms with van der Waals surface area (Å²) in [4.78, 5) is 42.7. The van der Waals surface area contributed by atoms with Gasteiger partial charge in [0.1, 0.15) is 6.04 Å². The minimum Gasteiger partial charge on any atom is -0.394 e. The summed E-state index contributed by atoms with van der Waals surface area (Å²) < 4.78 is -0.689. The van der Waals surface area contributed by atoms with Gasteiger partial charge in [-0.15, -0.1) is 11.8 Å². The molecule has 3 aliphatic heterocycles. The van der Waals surface area contributed by atoms with Gasteiger partial charge in [-0.3, -0.25) is 14.4 Å². The quantitative estimate of drug-likeness (QED) is 0.549. The van der Waals surface area contributed by atoms with Crippen molar-refractivity contribution in [3.63, 3.8) is 0 Å². The number of carbonyl (C=O) groups excluding carboxylic acids is 3. The van der Waals surface area contributed by atoms with Crippen LogP contribution < -0.4 is 10.6 Å². The van der Waals surface area contributed by atoms with Crippen molar-refractivity contribution in [1.82, 2.24) is 10.2 Å². The lowest BCUT2D eigenvalue weighted by atomic mass is 9.66. The summed E-state index contributed by atoms with van der Waals surface area (Å²) in [6.45, 7) is 9.90. The summed E-state index contributed by atoms with van der Waals surface area (Å²) in [5, 5.41) is 16.2. The lowest BCUT2D eigenvalue weighted by Gasteiger charge is -2.40. The van der Waals surface area contributed by atoms with Gasteiger partial charge in [-0.25, -0.2) is 0 Å². The zero-order valence-corrected chi connectivity index (χ0v) is 21.7. The molecule has 34 heavy (non-hydrogen) atoms. The summed E-state index contributed by atoms with van der Waals surface area (Å²) >= 11 is 1.65. The fourth-order valence-electron chi connectivity index (χ4n) is 6.51. The monoisotopic (exact) mass is 487 g/mol. The van der Waals surface area contributed by atoms with Gasteiger partial charge in [-0.05, 0) is 55.7 Å². The highest BCUT2D eigenvalue weighted by atomic mass is 32.2. The first-order valence-corrected chi connectivity index (χ1v) is 13.1. The Morgan fingerprint density at radius 1 is 1.26 bits per heavy atom. The highest BCUT2D eigenvalue weighted by molar-refractivity contribution is 8.02. The second-order valence-corrected chi connectivity index (χ2v) is 12.2. The van der Waals surface area contributed by atoms with E-state index in [9.17, 15) is 19.5 Å². The van der Waals surface area contributed by atoms with Crippen LogP contribution in [0.1, 0.15) is 44.7 Å². The van der Waals surface area contributed by atoms with Crippen LogP contribution in [-0.2, 0) is 14.4 Å². The zero-order chi connectivity index (χ0) is 24.9. The summed E-state index contributed by atoms with van der Waals surface area (Å²) in [6, 6.07) is 4.69. The Kier molecular flexibility index (Phi) is 6.77. The number of nitrogens with zero attached hydrogens (tertiary/aromatic N) is 1. The number of aliphatic hydroxyl groups is 1. The van der Waals surface area contributed by atoms with Gasteiger partial charge in [0, 0.05) is 18.0 Å². The fourth-order valence-corrected chi connectivity index (χ4v) is 8.92. The van der Waals surface area contributed by atoms with Crippen molar-refractivity contribution in [3.05, 3.63) is 29.3 Å². The van der Waals surface area contributed by atoms with Crippen molar-refractivity contribution >= 4 is 35.2 Å². The zero-order valence-electron chi connectivity index (χ0n) is 20.9. The number of amides is 3. The summed E-state index contributed by atoms with van der Waals surface area (Å²) in [5.41, 5.74) is 2.72. The first kappa shape index (κ1) is 25.0. The molecule has 3 heterocycles. The highest BCUT2D eigenvalue weighted by Gasteiger charge is 2.76. The summed E-state index contributed by atoms with van der Waals surface area (Å²) in [6.07, 6.45) is 1.38. The van der Waals surface area contributed by atoms with E-state index in [0.29, 0.717) is 6.42 Å². The Balaban J connectivity index is 1.81. The third-order valence-electron chi connectivity index (χ3n) is 7.98. The van der Waals surface area contributed by atoms with Crippen LogP contribution in [0.2, 0.25) is 0 Å². The van der Waals surface area contributed by atoms with Crippen molar-refractivity contribution in [3.8, 4) is 0 Å². The number of anilines is 1. The largest absolute Gasteiger partial charge is 0.394 e. The molecule has 3 unspecified atom stereocenters. The maximum Gasteiger partial charge on any atom is 0.248 e. The van der Waals surface area contributed by atoms with E-state index >= 15 is 0 Å². The van der Waals surface area contributed by atoms with Crippen LogP contribution >= 0.6 is 11.8 Å². The van der Waals surface area contributed by atoms with Gasteiger partial charge in [0.2, 0.25) is 17.7 Å². The van der Waals surface area contributed by atoms with Gasteiger partial charge in [0.05, 0.1) is 29.2 Å². The van der Waals surface area contributed by atoms with Gasteiger partial charge in [-0.2, -0.15) is 0 Å². The topological polar surface area (TPSA) is 98.7 Å². The Bertz CT molecular complexity index is 998. The SMILES string of the molecule is CNC(=O)[C@@H]1[C@@H]2CC(C)C3(S2)C(C(=O)Nc2cc(C)ccc2C)N([C@@H](CO)CC(C)C)C(=O)[C@H]13. The molecule has 0 aliphatic carbocycles. The molecule has 1 spiro atoms. The molecule has 3 amide bonds. The maximum atomic E-state index is 14.1. The number of aliphatic hydroxyl groups excluding tert-OH is 1. The number of benzene rings is 1. The van der Waals surface area contributed by atoms with Crippen LogP contribution in [0.3, 0.4) is 0 Å². The van der Waals surface area contributed by atoms with Crippen molar-refractivity contribution < 1.29 is 19.5 Å². The summed E-state index contributed by atoms with van der Waals surface area (Å²) in [5.74, 6) is -1.23. The van der Waals surface area contributed by atoms with E-state index < -0.39 is 28.7 Å².